The van der Waals surface area contributed by atoms with Crippen molar-refractivity contribution in [2.45, 2.75) is 19.9 Å². The van der Waals surface area contributed by atoms with E-state index in [-0.39, 0.29) is 16.6 Å². The van der Waals surface area contributed by atoms with Crippen molar-refractivity contribution in [1.82, 2.24) is 4.98 Å². The van der Waals surface area contributed by atoms with Gasteiger partial charge >= 0.3 is 0 Å². The highest BCUT2D eigenvalue weighted by Crippen LogP contribution is 2.44. The third-order valence-corrected chi connectivity index (χ3v) is 5.41. The molecule has 3 heterocycles. The van der Waals surface area contributed by atoms with E-state index in [0.29, 0.717) is 27.2 Å². The number of carbonyl (C=O) groups is 1. The summed E-state index contributed by atoms with van der Waals surface area (Å²) in [6, 6.07) is 6.15. The molecule has 0 saturated heterocycles. The predicted octanol–water partition coefficient (Wildman–Crippen LogP) is 3.40. The van der Waals surface area contributed by atoms with Crippen LogP contribution in [0.4, 0.5) is 11.5 Å². The van der Waals surface area contributed by atoms with E-state index >= 15 is 0 Å². The Kier molecular flexibility index (Phi) is 4.13. The van der Waals surface area contributed by atoms with E-state index in [1.165, 1.54) is 11.3 Å². The van der Waals surface area contributed by atoms with Crippen LogP contribution in [0.2, 0.25) is 0 Å². The normalized spacial score (nSPS) is 10.9. The average molecular weight is 357 g/mol. The average Bonchev–Trinajstić information content (AvgIpc) is 3.14. The maximum atomic E-state index is 11.7. The number of nitrogens with zero attached hydrogens (tertiary/aromatic N) is 2. The Labute approximate surface area is 146 Å². The Morgan fingerprint density at radius 1 is 1.46 bits per heavy atom. The number of amides is 1. The molecule has 3 rings (SSSR count). The SMILES string of the molecule is CC(C)Nc1nc2sc(C(N)=O)c(N)c2c(-c2cccs2)c1C#N. The van der Waals surface area contributed by atoms with Crippen LogP contribution < -0.4 is 16.8 Å². The van der Waals surface area contributed by atoms with Crippen LogP contribution in [-0.4, -0.2) is 16.9 Å². The van der Waals surface area contributed by atoms with E-state index in [9.17, 15) is 10.1 Å². The van der Waals surface area contributed by atoms with Crippen molar-refractivity contribution in [1.29, 1.82) is 5.26 Å². The van der Waals surface area contributed by atoms with E-state index in [0.717, 1.165) is 16.2 Å². The van der Waals surface area contributed by atoms with Gasteiger partial charge in [-0.1, -0.05) is 6.07 Å². The van der Waals surface area contributed by atoms with Crippen molar-refractivity contribution in [3.8, 4) is 16.5 Å². The third kappa shape index (κ3) is 2.58. The summed E-state index contributed by atoms with van der Waals surface area (Å²) in [5, 5.41) is 15.5. The number of hydrogen-bond acceptors (Lipinski definition) is 7. The zero-order valence-electron chi connectivity index (χ0n) is 13.1. The quantitative estimate of drug-likeness (QED) is 0.661. The molecule has 0 atom stereocenters. The first-order valence-corrected chi connectivity index (χ1v) is 8.90. The molecule has 0 aromatic carbocycles. The number of nitrogens with one attached hydrogen (secondary N) is 1. The number of hydrogen-bond donors (Lipinski definition) is 3. The second-order valence-corrected chi connectivity index (χ2v) is 7.43. The molecule has 3 aromatic heterocycles. The number of rotatable bonds is 4. The molecule has 8 heteroatoms. The Morgan fingerprint density at radius 2 is 2.21 bits per heavy atom. The summed E-state index contributed by atoms with van der Waals surface area (Å²) >= 11 is 2.65. The molecule has 24 heavy (non-hydrogen) atoms. The Bertz CT molecular complexity index is 967. The van der Waals surface area contributed by atoms with Gasteiger partial charge in [0.25, 0.3) is 5.91 Å². The van der Waals surface area contributed by atoms with Crippen LogP contribution in [-0.2, 0) is 0 Å². The van der Waals surface area contributed by atoms with Crippen LogP contribution in [0.3, 0.4) is 0 Å². The van der Waals surface area contributed by atoms with Gasteiger partial charge in [-0.25, -0.2) is 4.98 Å². The fraction of sp³-hybridized carbons (Fsp3) is 0.188. The predicted molar refractivity (Wildman–Crippen MR) is 99.3 cm³/mol. The smallest absolute Gasteiger partial charge is 0.260 e. The minimum Gasteiger partial charge on any atom is -0.397 e. The fourth-order valence-electron chi connectivity index (χ4n) is 2.49. The molecule has 6 nitrogen and oxygen atoms in total. The van der Waals surface area contributed by atoms with Gasteiger partial charge in [-0.15, -0.1) is 22.7 Å². The Morgan fingerprint density at radius 3 is 2.75 bits per heavy atom. The standard InChI is InChI=1S/C16H15N5OS2/c1-7(2)20-15-8(6-17)10(9-4-3-5-23-9)11-12(18)13(14(19)22)24-16(11)21-15/h3-5,7H,18H2,1-2H3,(H2,19,22)(H,20,21). The minimum absolute atomic E-state index is 0.103. The topological polar surface area (TPSA) is 118 Å². The zero-order chi connectivity index (χ0) is 17.4. The molecule has 0 radical (unpaired) electrons. The molecule has 0 fully saturated rings. The van der Waals surface area contributed by atoms with Crippen molar-refractivity contribution in [2.24, 2.45) is 5.73 Å². The van der Waals surface area contributed by atoms with Gasteiger partial charge in [0, 0.05) is 21.9 Å². The first-order chi connectivity index (χ1) is 11.4. The maximum absolute atomic E-state index is 11.7. The summed E-state index contributed by atoms with van der Waals surface area (Å²) in [5.74, 6) is -0.106. The number of nitrogen functional groups attached to an aromatic ring is 1. The van der Waals surface area contributed by atoms with Crippen LogP contribution in [0.25, 0.3) is 20.7 Å². The lowest BCUT2D eigenvalue weighted by Crippen LogP contribution is -2.13. The largest absolute Gasteiger partial charge is 0.397 e. The van der Waals surface area contributed by atoms with E-state index in [1.54, 1.807) is 0 Å². The Hall–Kier alpha value is -2.63. The van der Waals surface area contributed by atoms with E-state index in [2.05, 4.69) is 16.4 Å². The van der Waals surface area contributed by atoms with Crippen LogP contribution in [0.15, 0.2) is 17.5 Å². The lowest BCUT2D eigenvalue weighted by atomic mass is 10.0. The number of carbonyl (C=O) groups excluding carboxylic acids is 1. The summed E-state index contributed by atoms with van der Waals surface area (Å²) in [6.45, 7) is 3.94. The molecule has 3 aromatic rings. The number of aromatic nitrogens is 1. The second kappa shape index (κ2) is 6.11. The monoisotopic (exact) mass is 357 g/mol. The van der Waals surface area contributed by atoms with E-state index in [4.69, 9.17) is 11.5 Å². The summed E-state index contributed by atoms with van der Waals surface area (Å²) in [5.41, 5.74) is 13.0. The Balaban J connectivity index is 2.45. The lowest BCUT2D eigenvalue weighted by molar-refractivity contribution is 0.100. The maximum Gasteiger partial charge on any atom is 0.260 e. The van der Waals surface area contributed by atoms with Crippen LogP contribution >= 0.6 is 22.7 Å². The highest BCUT2D eigenvalue weighted by atomic mass is 32.1. The molecule has 122 valence electrons. The van der Waals surface area contributed by atoms with Crippen molar-refractivity contribution in [3.63, 3.8) is 0 Å². The molecule has 0 bridgehead atoms. The van der Waals surface area contributed by atoms with Gasteiger partial charge in [-0.05, 0) is 25.3 Å². The van der Waals surface area contributed by atoms with Crippen molar-refractivity contribution in [3.05, 3.63) is 28.0 Å². The molecule has 0 unspecified atom stereocenters. The number of nitrogens with two attached hydrogens (primary N) is 2. The van der Waals surface area contributed by atoms with E-state index in [1.807, 2.05) is 31.4 Å². The van der Waals surface area contributed by atoms with Gasteiger partial charge in [-0.3, -0.25) is 4.79 Å². The molecule has 0 aliphatic heterocycles. The number of nitriles is 1. The second-order valence-electron chi connectivity index (χ2n) is 5.49. The molecule has 0 aliphatic carbocycles. The fourth-order valence-corrected chi connectivity index (χ4v) is 4.23. The van der Waals surface area contributed by atoms with Gasteiger partial charge in [0.15, 0.2) is 0 Å². The van der Waals surface area contributed by atoms with Crippen LogP contribution in [0.1, 0.15) is 29.1 Å². The van der Waals surface area contributed by atoms with Gasteiger partial charge in [0.2, 0.25) is 0 Å². The van der Waals surface area contributed by atoms with Crippen molar-refractivity contribution < 1.29 is 4.79 Å². The molecule has 0 saturated carbocycles. The highest BCUT2D eigenvalue weighted by molar-refractivity contribution is 7.21. The molecular weight excluding hydrogens is 342 g/mol. The summed E-state index contributed by atoms with van der Waals surface area (Å²) in [7, 11) is 0. The number of primary amides is 1. The third-order valence-electron chi connectivity index (χ3n) is 3.41. The highest BCUT2D eigenvalue weighted by Gasteiger charge is 2.24. The molecule has 0 aliphatic rings. The molecule has 1 amide bonds. The molecule has 0 spiro atoms. The number of anilines is 2. The van der Waals surface area contributed by atoms with E-state index < -0.39 is 5.91 Å². The summed E-state index contributed by atoms with van der Waals surface area (Å²) in [4.78, 5) is 17.9. The molecular formula is C16H15N5OS2. The van der Waals surface area contributed by atoms with Gasteiger partial charge in [0.05, 0.1) is 5.69 Å². The first kappa shape index (κ1) is 16.2. The van der Waals surface area contributed by atoms with Crippen molar-refractivity contribution >= 4 is 50.3 Å². The number of pyridine rings is 1. The van der Waals surface area contributed by atoms with Crippen LogP contribution in [0.5, 0.6) is 0 Å². The van der Waals surface area contributed by atoms with Gasteiger partial charge in [0.1, 0.15) is 27.2 Å². The van der Waals surface area contributed by atoms with Crippen LogP contribution in [0, 0.1) is 11.3 Å². The zero-order valence-corrected chi connectivity index (χ0v) is 14.7. The van der Waals surface area contributed by atoms with Gasteiger partial charge < -0.3 is 16.8 Å². The minimum atomic E-state index is -0.593. The first-order valence-electron chi connectivity index (χ1n) is 7.20. The van der Waals surface area contributed by atoms with Gasteiger partial charge in [-0.2, -0.15) is 5.26 Å². The number of thiophene rings is 2. The number of fused-ring (bicyclic) bond motifs is 1. The van der Waals surface area contributed by atoms with Crippen molar-refractivity contribution in [2.75, 3.05) is 11.1 Å². The summed E-state index contributed by atoms with van der Waals surface area (Å²) < 4.78 is 0. The lowest BCUT2D eigenvalue weighted by Gasteiger charge is -2.14. The molecule has 5 N–H and O–H groups in total. The summed E-state index contributed by atoms with van der Waals surface area (Å²) in [6.07, 6.45) is 0.